The summed E-state index contributed by atoms with van der Waals surface area (Å²) in [5.74, 6) is -1.86. The zero-order chi connectivity index (χ0) is 48.4. The number of carboxylic acids is 2. The Hall–Kier alpha value is -1.88. The van der Waals surface area contributed by atoms with E-state index >= 15 is 0 Å². The van der Waals surface area contributed by atoms with Gasteiger partial charge >= 0.3 is 11.9 Å². The summed E-state index contributed by atoms with van der Waals surface area (Å²) in [6.45, 7) is 16.6. The van der Waals surface area contributed by atoms with Crippen LogP contribution in [0, 0.1) is 50.2 Å². The lowest BCUT2D eigenvalue weighted by atomic mass is 9.33. The topological polar surface area (TPSA) is 292 Å². The molecule has 10 N–H and O–H groups in total. The highest BCUT2D eigenvalue weighted by Crippen LogP contribution is 2.76. The summed E-state index contributed by atoms with van der Waals surface area (Å²) in [5.41, 5.74) is -0.383. The van der Waals surface area contributed by atoms with Crippen LogP contribution in [0.2, 0.25) is 0 Å². The smallest absolute Gasteiger partial charge is 0.335 e. The Labute approximate surface area is 386 Å². The third-order valence-electron chi connectivity index (χ3n) is 19.3. The summed E-state index contributed by atoms with van der Waals surface area (Å²) in [7, 11) is 0. The van der Waals surface area contributed by atoms with E-state index in [-0.39, 0.29) is 39.4 Å². The number of fused-ring (bicyclic) bond motifs is 7. The first-order valence-electron chi connectivity index (χ1n) is 24.2. The molecule has 18 heteroatoms. The van der Waals surface area contributed by atoms with Crippen LogP contribution >= 0.6 is 0 Å². The molecule has 8 aliphatic rings. The number of aliphatic carboxylic acids is 2. The van der Waals surface area contributed by atoms with Crippen LogP contribution in [-0.4, -0.2) is 168 Å². The number of carboxylic acid groups (broad SMARTS) is 2. The molecule has 0 bridgehead atoms. The van der Waals surface area contributed by atoms with Gasteiger partial charge in [0.1, 0.15) is 61.0 Å². The molecule has 23 atom stereocenters. The van der Waals surface area contributed by atoms with Crippen molar-refractivity contribution in [3.63, 3.8) is 0 Å². The Bertz CT molecular complexity index is 1860. The molecule has 0 spiro atoms. The third kappa shape index (κ3) is 7.74. The first kappa shape index (κ1) is 50.5. The lowest BCUT2D eigenvalue weighted by molar-refractivity contribution is -0.388. The second kappa shape index (κ2) is 17.5. The van der Waals surface area contributed by atoms with Gasteiger partial charge in [-0.1, -0.05) is 60.1 Å². The number of allylic oxidation sites excluding steroid dienone is 2. The Kier molecular flexibility index (Phi) is 13.4. The van der Waals surface area contributed by atoms with Crippen LogP contribution in [-0.2, 0) is 38.0 Å². The molecule has 7 fully saturated rings. The predicted octanol–water partition coefficient (Wildman–Crippen LogP) is 1.83. The maximum absolute atomic E-state index is 13.1. The lowest BCUT2D eigenvalue weighted by Crippen LogP contribution is -2.68. The molecule has 4 saturated carbocycles. The van der Waals surface area contributed by atoms with Crippen molar-refractivity contribution < 1.29 is 89.1 Å². The summed E-state index contributed by atoms with van der Waals surface area (Å²) < 4.78 is 35.9. The van der Waals surface area contributed by atoms with E-state index in [0.717, 1.165) is 44.9 Å². The highest BCUT2D eigenvalue weighted by molar-refractivity contribution is 5.76. The summed E-state index contributed by atoms with van der Waals surface area (Å²) >= 11 is 0. The summed E-state index contributed by atoms with van der Waals surface area (Å²) in [4.78, 5) is 25.6. The Morgan fingerprint density at radius 1 is 0.667 bits per heavy atom. The van der Waals surface area contributed by atoms with Gasteiger partial charge in [-0.15, -0.1) is 0 Å². The number of hydrogen-bond acceptors (Lipinski definition) is 16. The number of ether oxygens (including phenoxy) is 6. The first-order valence-corrected chi connectivity index (χ1v) is 24.2. The normalized spacial score (nSPS) is 53.3. The molecule has 0 aromatic heterocycles. The number of aliphatic hydroxyl groups is 8. The zero-order valence-corrected chi connectivity index (χ0v) is 39.6. The van der Waals surface area contributed by atoms with Crippen molar-refractivity contribution in [1.29, 1.82) is 0 Å². The number of carbonyl (C=O) groups is 2. The highest BCUT2D eigenvalue weighted by Gasteiger charge is 2.70. The maximum atomic E-state index is 13.1. The van der Waals surface area contributed by atoms with Crippen LogP contribution in [0.4, 0.5) is 0 Å². The third-order valence-corrected chi connectivity index (χ3v) is 19.3. The summed E-state index contributed by atoms with van der Waals surface area (Å²) in [6, 6.07) is 0. The molecule has 0 unspecified atom stereocenters. The molecule has 3 aliphatic heterocycles. The second-order valence-corrected chi connectivity index (χ2v) is 23.5. The molecule has 8 rings (SSSR count). The van der Waals surface area contributed by atoms with Crippen LogP contribution in [0.5, 0.6) is 0 Å². The van der Waals surface area contributed by atoms with Gasteiger partial charge < -0.3 is 79.5 Å². The van der Waals surface area contributed by atoms with Gasteiger partial charge in [0.2, 0.25) is 0 Å². The summed E-state index contributed by atoms with van der Waals surface area (Å²) in [5, 5.41) is 108. The van der Waals surface area contributed by atoms with Crippen molar-refractivity contribution in [2.75, 3.05) is 6.61 Å². The van der Waals surface area contributed by atoms with Crippen LogP contribution in [0.15, 0.2) is 11.6 Å². The SMILES string of the molecule is C[C@H]1O[C@@H](O[C@H]2[C@H](O)[C@@H](O[C@@H]3[C@H](O[C@@H]4CC[C@@]5(C)[C@H](CC[C@]6(C)[C@@H]5CC=C5[C@@H]7CC(C)(C)CC[C@]7(C(=O)O)CC[C@@]56C)C4(C)C)O[C@@H](C(=O)O)[C@H](O)[C@@H]3O)O[C@@H](CO)[C@@H]2O)[C@H](O)[C@H](O)[C@@H]1O. The Balaban J connectivity index is 1.04. The molecule has 3 heterocycles. The van der Waals surface area contributed by atoms with Crippen molar-refractivity contribution in [2.24, 2.45) is 50.2 Å². The van der Waals surface area contributed by atoms with E-state index in [1.165, 1.54) is 12.5 Å². The molecule has 66 heavy (non-hydrogen) atoms. The molecular formula is C48H76O18. The predicted molar refractivity (Wildman–Crippen MR) is 230 cm³/mol. The van der Waals surface area contributed by atoms with Gasteiger partial charge in [0, 0.05) is 0 Å². The number of rotatable bonds is 9. The number of aliphatic hydroxyl groups excluding tert-OH is 8. The first-order chi connectivity index (χ1) is 30.7. The van der Waals surface area contributed by atoms with E-state index < -0.39 is 128 Å². The molecule has 0 amide bonds. The maximum Gasteiger partial charge on any atom is 0.335 e. The van der Waals surface area contributed by atoms with Crippen molar-refractivity contribution in [1.82, 2.24) is 0 Å². The van der Waals surface area contributed by atoms with Crippen LogP contribution in [0.25, 0.3) is 0 Å². The standard InChI is InChI=1S/C48H76O18/c1-21-28(50)30(52)33(55)39(61-21)64-35-29(51)24(20-49)62-40(34(35)56)66-37-32(54)31(53)36(38(57)58)65-41(37)63-27-12-13-45(6)25(44(27,4)5)11-14-47(8)26(45)10-9-22-23-19-43(2,3)15-17-48(23,42(59)60)18-16-46(22,47)7/h9,21,23-37,39-41,49-56H,10-20H2,1-8H3,(H,57,58)(H,59,60)/t21-,23+,24+,25-,26-,27-,28-,29+,30-,31-,32+,33-,34+,35-,36-,37+,39+,40-,41-,45+,46+,47-,48+/m1/s1. The molecule has 0 radical (unpaired) electrons. The molecule has 0 aromatic carbocycles. The highest BCUT2D eigenvalue weighted by atomic mass is 16.8. The van der Waals surface area contributed by atoms with Gasteiger partial charge in [-0.3, -0.25) is 4.79 Å². The molecule has 5 aliphatic carbocycles. The van der Waals surface area contributed by atoms with E-state index in [4.69, 9.17) is 28.4 Å². The van der Waals surface area contributed by atoms with E-state index in [2.05, 4.69) is 54.5 Å². The fourth-order valence-electron chi connectivity index (χ4n) is 15.1. The quantitative estimate of drug-likeness (QED) is 0.117. The van der Waals surface area contributed by atoms with E-state index in [0.29, 0.717) is 19.3 Å². The van der Waals surface area contributed by atoms with Gasteiger partial charge in [-0.05, 0) is 116 Å². The fourth-order valence-corrected chi connectivity index (χ4v) is 15.1. The minimum absolute atomic E-state index is 0.0136. The van der Waals surface area contributed by atoms with Crippen LogP contribution in [0.1, 0.15) is 120 Å². The minimum Gasteiger partial charge on any atom is -0.481 e. The van der Waals surface area contributed by atoms with Crippen molar-refractivity contribution >= 4 is 11.9 Å². The van der Waals surface area contributed by atoms with Crippen molar-refractivity contribution in [2.45, 2.75) is 218 Å². The average Bonchev–Trinajstić information content (AvgIpc) is 3.24. The average molecular weight is 941 g/mol. The van der Waals surface area contributed by atoms with Gasteiger partial charge in [0.05, 0.1) is 24.2 Å². The van der Waals surface area contributed by atoms with Gasteiger partial charge in [0.25, 0.3) is 0 Å². The monoisotopic (exact) mass is 941 g/mol. The van der Waals surface area contributed by atoms with Crippen LogP contribution < -0.4 is 0 Å². The second-order valence-electron chi connectivity index (χ2n) is 23.5. The van der Waals surface area contributed by atoms with E-state index in [9.17, 15) is 60.7 Å². The van der Waals surface area contributed by atoms with Gasteiger partial charge in [-0.25, -0.2) is 4.79 Å². The lowest BCUT2D eigenvalue weighted by Gasteiger charge is -2.71. The van der Waals surface area contributed by atoms with Crippen LogP contribution in [0.3, 0.4) is 0 Å². The minimum atomic E-state index is -2.02. The molecule has 3 saturated heterocycles. The fraction of sp³-hybridized carbons (Fsp3) is 0.917. The van der Waals surface area contributed by atoms with Crippen molar-refractivity contribution in [3.05, 3.63) is 11.6 Å². The Morgan fingerprint density at radius 2 is 1.32 bits per heavy atom. The molecule has 18 nitrogen and oxygen atoms in total. The van der Waals surface area contributed by atoms with Gasteiger partial charge in [0.15, 0.2) is 25.0 Å². The van der Waals surface area contributed by atoms with E-state index in [1.54, 1.807) is 0 Å². The van der Waals surface area contributed by atoms with Crippen molar-refractivity contribution in [3.8, 4) is 0 Å². The molecule has 376 valence electrons. The zero-order valence-electron chi connectivity index (χ0n) is 39.6. The van der Waals surface area contributed by atoms with E-state index in [1.807, 2.05) is 0 Å². The summed E-state index contributed by atoms with van der Waals surface area (Å²) in [6.07, 6.45) is -16.0. The molecular weight excluding hydrogens is 865 g/mol. The molecule has 0 aromatic rings. The Morgan fingerprint density at radius 3 is 1.97 bits per heavy atom. The van der Waals surface area contributed by atoms with Gasteiger partial charge in [-0.2, -0.15) is 0 Å². The largest absolute Gasteiger partial charge is 0.481 e. The number of hydrogen-bond donors (Lipinski definition) is 10.